The van der Waals surface area contributed by atoms with Crippen molar-refractivity contribution < 1.29 is 4.42 Å². The van der Waals surface area contributed by atoms with Crippen molar-refractivity contribution in [3.05, 3.63) is 132 Å². The summed E-state index contributed by atoms with van der Waals surface area (Å²) in [6, 6.07) is 44.7. The Hall–Kier alpha value is -6.81. The Morgan fingerprint density at radius 3 is 1.60 bits per heavy atom. The van der Waals surface area contributed by atoms with Crippen LogP contribution >= 0.6 is 0 Å². The van der Waals surface area contributed by atoms with Gasteiger partial charge in [0, 0.05) is 43.7 Å². The van der Waals surface area contributed by atoms with E-state index in [2.05, 4.69) is 75.9 Å². The van der Waals surface area contributed by atoms with Crippen LogP contribution in [0.4, 0.5) is 0 Å². The zero-order valence-electron chi connectivity index (χ0n) is 23.6. The fourth-order valence-corrected chi connectivity index (χ4v) is 6.80. The first-order valence-electron chi connectivity index (χ1n) is 14.4. The quantitative estimate of drug-likeness (QED) is 0.206. The number of para-hydroxylation sites is 1. The molecular weight excluding hydrogens is 554 g/mol. The fourth-order valence-electron chi connectivity index (χ4n) is 6.80. The molecule has 0 saturated heterocycles. The second kappa shape index (κ2) is 9.09. The molecular formula is C39H19N5O. The Morgan fingerprint density at radius 1 is 0.400 bits per heavy atom. The van der Waals surface area contributed by atoms with Crippen LogP contribution in [-0.2, 0) is 0 Å². The van der Waals surface area contributed by atoms with Crippen molar-refractivity contribution in [2.24, 2.45) is 0 Å². The van der Waals surface area contributed by atoms with Gasteiger partial charge in [-0.3, -0.25) is 0 Å². The molecule has 9 aromatic rings. The number of nitriles is 3. The topological polar surface area (TPSA) is 94.4 Å². The number of aromatic nitrogens is 2. The minimum absolute atomic E-state index is 0.572. The van der Waals surface area contributed by atoms with Crippen LogP contribution in [0.25, 0.3) is 76.9 Å². The monoisotopic (exact) mass is 573 g/mol. The SMILES string of the molecule is N#Cc1ccc2oc3cc4c5ccccc5n(-c5cccc(-n6c7ccc(C#N)cc7c7cc(C#N)ccc76)c5)c4cc3c2c1. The van der Waals surface area contributed by atoms with Crippen molar-refractivity contribution in [3.63, 3.8) is 0 Å². The summed E-state index contributed by atoms with van der Waals surface area (Å²) in [5.74, 6) is 0. The molecule has 45 heavy (non-hydrogen) atoms. The minimum Gasteiger partial charge on any atom is -0.456 e. The fraction of sp³-hybridized carbons (Fsp3) is 0. The van der Waals surface area contributed by atoms with E-state index >= 15 is 0 Å². The minimum atomic E-state index is 0.572. The lowest BCUT2D eigenvalue weighted by Crippen LogP contribution is -1.98. The zero-order valence-corrected chi connectivity index (χ0v) is 23.6. The van der Waals surface area contributed by atoms with Gasteiger partial charge in [-0.2, -0.15) is 15.8 Å². The van der Waals surface area contributed by atoms with Gasteiger partial charge in [-0.1, -0.05) is 24.3 Å². The second-order valence-corrected chi connectivity index (χ2v) is 11.2. The van der Waals surface area contributed by atoms with E-state index in [-0.39, 0.29) is 0 Å². The average Bonchev–Trinajstić information content (AvgIpc) is 3.73. The van der Waals surface area contributed by atoms with Gasteiger partial charge in [0.05, 0.1) is 57.0 Å². The molecule has 0 unspecified atom stereocenters. The van der Waals surface area contributed by atoms with Gasteiger partial charge in [0.1, 0.15) is 11.2 Å². The van der Waals surface area contributed by atoms with E-state index in [4.69, 9.17) is 4.42 Å². The normalized spacial score (nSPS) is 11.5. The Bertz CT molecular complexity index is 2790. The standard InChI is InChI=1S/C39H19N5O/c40-20-23-8-11-35-29(14-23)30-15-24(21-41)9-12-36(30)43(35)26-4-3-5-27(17-26)44-34-7-2-1-6-28(34)31-19-39-33(18-37(31)44)32-16-25(22-42)10-13-38(32)45-39/h1-19H. The Balaban J connectivity index is 1.34. The third-order valence-electron chi connectivity index (χ3n) is 8.76. The van der Waals surface area contributed by atoms with Gasteiger partial charge in [0.15, 0.2) is 0 Å². The van der Waals surface area contributed by atoms with Crippen molar-refractivity contribution >= 4 is 65.6 Å². The Labute approximate surface area is 256 Å². The highest BCUT2D eigenvalue weighted by atomic mass is 16.3. The molecule has 0 aliphatic rings. The number of benzene rings is 6. The van der Waals surface area contributed by atoms with Gasteiger partial charge in [-0.05, 0) is 91.0 Å². The molecule has 0 radical (unpaired) electrons. The number of nitrogens with zero attached hydrogens (tertiary/aromatic N) is 5. The molecule has 3 aromatic heterocycles. The molecule has 0 amide bonds. The molecule has 6 heteroatoms. The number of hydrogen-bond donors (Lipinski definition) is 0. The summed E-state index contributed by atoms with van der Waals surface area (Å²) in [5.41, 5.74) is 9.23. The average molecular weight is 574 g/mol. The van der Waals surface area contributed by atoms with Crippen molar-refractivity contribution in [2.45, 2.75) is 0 Å². The summed E-state index contributed by atoms with van der Waals surface area (Å²) in [4.78, 5) is 0. The van der Waals surface area contributed by atoms with E-state index in [1.807, 2.05) is 60.7 Å². The van der Waals surface area contributed by atoms with Gasteiger partial charge >= 0.3 is 0 Å². The lowest BCUT2D eigenvalue weighted by molar-refractivity contribution is 0.669. The highest BCUT2D eigenvalue weighted by Gasteiger charge is 2.18. The summed E-state index contributed by atoms with van der Waals surface area (Å²) in [6.45, 7) is 0. The highest BCUT2D eigenvalue weighted by molar-refractivity contribution is 6.17. The maximum absolute atomic E-state index is 9.61. The van der Waals surface area contributed by atoms with E-state index in [0.717, 1.165) is 76.9 Å². The zero-order chi connectivity index (χ0) is 30.2. The predicted octanol–water partition coefficient (Wildman–Crippen LogP) is 9.40. The molecule has 0 spiro atoms. The molecule has 0 bridgehead atoms. The van der Waals surface area contributed by atoms with Gasteiger partial charge in [-0.15, -0.1) is 0 Å². The molecule has 0 atom stereocenters. The molecule has 6 aromatic carbocycles. The molecule has 6 nitrogen and oxygen atoms in total. The number of furan rings is 1. The van der Waals surface area contributed by atoms with Crippen LogP contribution in [-0.4, -0.2) is 9.13 Å². The van der Waals surface area contributed by atoms with Crippen molar-refractivity contribution in [1.29, 1.82) is 15.8 Å². The molecule has 0 fully saturated rings. The van der Waals surface area contributed by atoms with Crippen molar-refractivity contribution in [1.82, 2.24) is 9.13 Å². The first kappa shape index (κ1) is 24.8. The van der Waals surface area contributed by atoms with E-state index in [1.165, 1.54) is 0 Å². The molecule has 0 aliphatic heterocycles. The molecule has 0 N–H and O–H groups in total. The first-order valence-corrected chi connectivity index (χ1v) is 14.4. The van der Waals surface area contributed by atoms with E-state index in [9.17, 15) is 15.8 Å². The maximum Gasteiger partial charge on any atom is 0.136 e. The first-order chi connectivity index (χ1) is 22.1. The molecule has 0 aliphatic carbocycles. The van der Waals surface area contributed by atoms with Gasteiger partial charge in [0.25, 0.3) is 0 Å². The van der Waals surface area contributed by atoms with Crippen LogP contribution in [0.5, 0.6) is 0 Å². The molecule has 9 rings (SSSR count). The molecule has 3 heterocycles. The van der Waals surface area contributed by atoms with Crippen LogP contribution in [0, 0.1) is 34.0 Å². The van der Waals surface area contributed by atoms with E-state index in [0.29, 0.717) is 16.7 Å². The maximum atomic E-state index is 9.61. The number of hydrogen-bond acceptors (Lipinski definition) is 4. The third kappa shape index (κ3) is 3.47. The van der Waals surface area contributed by atoms with E-state index < -0.39 is 0 Å². The summed E-state index contributed by atoms with van der Waals surface area (Å²) in [5, 5.41) is 34.7. The van der Waals surface area contributed by atoms with Gasteiger partial charge in [-0.25, -0.2) is 0 Å². The summed E-state index contributed by atoms with van der Waals surface area (Å²) >= 11 is 0. The van der Waals surface area contributed by atoms with Crippen LogP contribution in [0.3, 0.4) is 0 Å². The van der Waals surface area contributed by atoms with Gasteiger partial charge in [0.2, 0.25) is 0 Å². The van der Waals surface area contributed by atoms with Gasteiger partial charge < -0.3 is 13.6 Å². The summed E-state index contributed by atoms with van der Waals surface area (Å²) < 4.78 is 10.7. The Morgan fingerprint density at radius 2 is 0.933 bits per heavy atom. The van der Waals surface area contributed by atoms with E-state index in [1.54, 1.807) is 6.07 Å². The van der Waals surface area contributed by atoms with Crippen LogP contribution in [0.1, 0.15) is 16.7 Å². The lowest BCUT2D eigenvalue weighted by atomic mass is 10.1. The predicted molar refractivity (Wildman–Crippen MR) is 177 cm³/mol. The van der Waals surface area contributed by atoms with Crippen molar-refractivity contribution in [2.75, 3.05) is 0 Å². The Kier molecular flexibility index (Phi) is 5.00. The molecule has 206 valence electrons. The second-order valence-electron chi connectivity index (χ2n) is 11.2. The summed E-state index contributed by atoms with van der Waals surface area (Å²) in [7, 11) is 0. The number of fused-ring (bicyclic) bond motifs is 9. The largest absolute Gasteiger partial charge is 0.456 e. The van der Waals surface area contributed by atoms with Crippen molar-refractivity contribution in [3.8, 4) is 29.6 Å². The lowest BCUT2D eigenvalue weighted by Gasteiger charge is -2.13. The summed E-state index contributed by atoms with van der Waals surface area (Å²) in [6.07, 6.45) is 0. The van der Waals surface area contributed by atoms with Crippen LogP contribution < -0.4 is 0 Å². The third-order valence-corrected chi connectivity index (χ3v) is 8.76. The highest BCUT2D eigenvalue weighted by Crippen LogP contribution is 2.39. The smallest absolute Gasteiger partial charge is 0.136 e. The number of rotatable bonds is 2. The van der Waals surface area contributed by atoms with Crippen LogP contribution in [0.2, 0.25) is 0 Å². The molecule has 0 saturated carbocycles. The van der Waals surface area contributed by atoms with Crippen LogP contribution in [0.15, 0.2) is 120 Å².